The van der Waals surface area contributed by atoms with Crippen molar-refractivity contribution in [3.63, 3.8) is 0 Å². The van der Waals surface area contributed by atoms with Crippen LogP contribution in [0.25, 0.3) is 22.3 Å². The van der Waals surface area contributed by atoms with Crippen LogP contribution in [0.2, 0.25) is 0 Å². The molecule has 0 amide bonds. The molecule has 0 aliphatic carbocycles. The van der Waals surface area contributed by atoms with Crippen LogP contribution in [-0.4, -0.2) is 0 Å². The van der Waals surface area contributed by atoms with Gasteiger partial charge in [-0.3, -0.25) is 0 Å². The molecular formula is C17H14O. The van der Waals surface area contributed by atoms with E-state index in [1.807, 2.05) is 37.5 Å². The van der Waals surface area contributed by atoms with E-state index >= 15 is 0 Å². The van der Waals surface area contributed by atoms with E-state index in [1.54, 1.807) is 0 Å². The lowest BCUT2D eigenvalue weighted by atomic mass is 9.97. The molecule has 0 spiro atoms. The Morgan fingerprint density at radius 1 is 0.722 bits per heavy atom. The summed E-state index contributed by atoms with van der Waals surface area (Å²) in [7, 11) is 0. The molecule has 0 aliphatic rings. The summed E-state index contributed by atoms with van der Waals surface area (Å²) >= 11 is 0. The summed E-state index contributed by atoms with van der Waals surface area (Å²) in [5, 5.41) is 0. The summed E-state index contributed by atoms with van der Waals surface area (Å²) in [5.41, 5.74) is 4.72. The summed E-state index contributed by atoms with van der Waals surface area (Å²) in [5.74, 6) is 0.958. The minimum absolute atomic E-state index is 0.958. The lowest BCUT2D eigenvalue weighted by Gasteiger charge is -2.04. The van der Waals surface area contributed by atoms with Gasteiger partial charge in [0, 0.05) is 11.1 Å². The van der Waals surface area contributed by atoms with Crippen LogP contribution in [0.5, 0.6) is 0 Å². The van der Waals surface area contributed by atoms with Crippen LogP contribution in [0.1, 0.15) is 5.76 Å². The molecule has 3 aromatic rings. The van der Waals surface area contributed by atoms with Crippen LogP contribution >= 0.6 is 0 Å². The van der Waals surface area contributed by atoms with Crippen LogP contribution in [0.4, 0.5) is 0 Å². The molecule has 1 nitrogen and oxygen atoms in total. The Kier molecular flexibility index (Phi) is 2.73. The first kappa shape index (κ1) is 10.8. The molecule has 0 saturated heterocycles. The van der Waals surface area contributed by atoms with Crippen molar-refractivity contribution in [3.8, 4) is 22.3 Å². The standard InChI is InChI=1S/C17H14O/c1-13-17(15-10-6-3-7-11-15)16(12-18-13)14-8-4-2-5-9-14/h2-12H,1H3. The molecule has 18 heavy (non-hydrogen) atoms. The van der Waals surface area contributed by atoms with Gasteiger partial charge in [0.2, 0.25) is 0 Å². The Bertz CT molecular complexity index is 636. The molecule has 0 saturated carbocycles. The van der Waals surface area contributed by atoms with Gasteiger partial charge < -0.3 is 4.42 Å². The van der Waals surface area contributed by atoms with Gasteiger partial charge in [-0.15, -0.1) is 0 Å². The molecule has 0 N–H and O–H groups in total. The average molecular weight is 234 g/mol. The van der Waals surface area contributed by atoms with E-state index in [0.717, 1.165) is 11.3 Å². The van der Waals surface area contributed by atoms with Gasteiger partial charge in [0.1, 0.15) is 5.76 Å². The SMILES string of the molecule is Cc1occ(-c2ccccc2)c1-c1ccccc1. The second-order valence-electron chi connectivity index (χ2n) is 4.31. The zero-order valence-corrected chi connectivity index (χ0v) is 10.3. The monoisotopic (exact) mass is 234 g/mol. The van der Waals surface area contributed by atoms with Gasteiger partial charge in [0.25, 0.3) is 0 Å². The summed E-state index contributed by atoms with van der Waals surface area (Å²) in [6.07, 6.45) is 1.84. The maximum Gasteiger partial charge on any atom is 0.109 e. The summed E-state index contributed by atoms with van der Waals surface area (Å²) in [6.45, 7) is 2.01. The van der Waals surface area contributed by atoms with Crippen molar-refractivity contribution < 1.29 is 4.42 Å². The van der Waals surface area contributed by atoms with Crippen molar-refractivity contribution in [2.45, 2.75) is 6.92 Å². The fourth-order valence-corrected chi connectivity index (χ4v) is 2.25. The first-order valence-corrected chi connectivity index (χ1v) is 6.05. The van der Waals surface area contributed by atoms with E-state index in [9.17, 15) is 0 Å². The number of furan rings is 1. The topological polar surface area (TPSA) is 13.1 Å². The Hall–Kier alpha value is -2.28. The van der Waals surface area contributed by atoms with Crippen molar-refractivity contribution in [1.82, 2.24) is 0 Å². The molecule has 0 fully saturated rings. The van der Waals surface area contributed by atoms with Gasteiger partial charge in [-0.05, 0) is 18.1 Å². The van der Waals surface area contributed by atoms with Crippen LogP contribution in [0.15, 0.2) is 71.3 Å². The number of hydrogen-bond donors (Lipinski definition) is 0. The van der Waals surface area contributed by atoms with Gasteiger partial charge >= 0.3 is 0 Å². The van der Waals surface area contributed by atoms with Gasteiger partial charge in [0.05, 0.1) is 6.26 Å². The largest absolute Gasteiger partial charge is 0.468 e. The fourth-order valence-electron chi connectivity index (χ4n) is 2.25. The normalized spacial score (nSPS) is 10.5. The first-order valence-electron chi connectivity index (χ1n) is 6.05. The molecule has 3 rings (SSSR count). The molecular weight excluding hydrogens is 220 g/mol. The van der Waals surface area contributed by atoms with Crippen molar-refractivity contribution in [2.75, 3.05) is 0 Å². The Balaban J connectivity index is 2.19. The second-order valence-corrected chi connectivity index (χ2v) is 4.31. The molecule has 0 unspecified atom stereocenters. The van der Waals surface area contributed by atoms with Gasteiger partial charge in [-0.2, -0.15) is 0 Å². The number of rotatable bonds is 2. The fraction of sp³-hybridized carbons (Fsp3) is 0.0588. The third-order valence-corrected chi connectivity index (χ3v) is 3.12. The second kappa shape index (κ2) is 4.53. The maximum absolute atomic E-state index is 5.60. The van der Waals surface area contributed by atoms with E-state index in [1.165, 1.54) is 16.7 Å². The van der Waals surface area contributed by atoms with Gasteiger partial charge in [-0.25, -0.2) is 0 Å². The molecule has 0 radical (unpaired) electrons. The predicted molar refractivity (Wildman–Crippen MR) is 74.3 cm³/mol. The van der Waals surface area contributed by atoms with Crippen LogP contribution in [0.3, 0.4) is 0 Å². The molecule has 1 heterocycles. The predicted octanol–water partition coefficient (Wildman–Crippen LogP) is 4.92. The minimum Gasteiger partial charge on any atom is -0.468 e. The Labute approximate surface area is 107 Å². The lowest BCUT2D eigenvalue weighted by Crippen LogP contribution is -1.81. The van der Waals surface area contributed by atoms with Gasteiger partial charge in [-0.1, -0.05) is 60.7 Å². The molecule has 0 aliphatic heterocycles. The van der Waals surface area contributed by atoms with Crippen molar-refractivity contribution >= 4 is 0 Å². The highest BCUT2D eigenvalue weighted by molar-refractivity contribution is 5.84. The van der Waals surface area contributed by atoms with Crippen LogP contribution in [-0.2, 0) is 0 Å². The molecule has 1 heteroatoms. The van der Waals surface area contributed by atoms with Crippen molar-refractivity contribution in [3.05, 3.63) is 72.7 Å². The van der Waals surface area contributed by atoms with Crippen LogP contribution in [0, 0.1) is 6.92 Å². The smallest absolute Gasteiger partial charge is 0.109 e. The Morgan fingerprint density at radius 3 is 1.89 bits per heavy atom. The van der Waals surface area contributed by atoms with Crippen molar-refractivity contribution in [1.29, 1.82) is 0 Å². The average Bonchev–Trinajstić information content (AvgIpc) is 2.83. The third kappa shape index (κ3) is 1.84. The first-order chi connectivity index (χ1) is 8.86. The lowest BCUT2D eigenvalue weighted by molar-refractivity contribution is 0.536. The molecule has 0 bridgehead atoms. The summed E-state index contributed by atoms with van der Waals surface area (Å²) < 4.78 is 5.60. The highest BCUT2D eigenvalue weighted by Crippen LogP contribution is 2.35. The maximum atomic E-state index is 5.60. The highest BCUT2D eigenvalue weighted by atomic mass is 16.3. The number of aryl methyl sites for hydroxylation is 1. The van der Waals surface area contributed by atoms with E-state index < -0.39 is 0 Å². The van der Waals surface area contributed by atoms with E-state index in [-0.39, 0.29) is 0 Å². The molecule has 2 aromatic carbocycles. The van der Waals surface area contributed by atoms with Gasteiger partial charge in [0.15, 0.2) is 0 Å². The van der Waals surface area contributed by atoms with Crippen LogP contribution < -0.4 is 0 Å². The zero-order chi connectivity index (χ0) is 12.4. The number of benzene rings is 2. The zero-order valence-electron chi connectivity index (χ0n) is 10.3. The van der Waals surface area contributed by atoms with E-state index in [2.05, 4.69) is 36.4 Å². The minimum atomic E-state index is 0.958. The molecule has 0 atom stereocenters. The third-order valence-electron chi connectivity index (χ3n) is 3.12. The summed E-state index contributed by atoms with van der Waals surface area (Å²) in [4.78, 5) is 0. The van der Waals surface area contributed by atoms with E-state index in [0.29, 0.717) is 0 Å². The highest BCUT2D eigenvalue weighted by Gasteiger charge is 2.13. The van der Waals surface area contributed by atoms with Crippen molar-refractivity contribution in [2.24, 2.45) is 0 Å². The molecule has 88 valence electrons. The Morgan fingerprint density at radius 2 is 1.28 bits per heavy atom. The summed E-state index contributed by atoms with van der Waals surface area (Å²) in [6, 6.07) is 20.7. The molecule has 1 aromatic heterocycles. The number of hydrogen-bond acceptors (Lipinski definition) is 1. The quantitative estimate of drug-likeness (QED) is 0.613. The van der Waals surface area contributed by atoms with E-state index in [4.69, 9.17) is 4.42 Å².